The molecule has 0 spiro atoms. The lowest BCUT2D eigenvalue weighted by Gasteiger charge is -2.18. The van der Waals surface area contributed by atoms with Crippen LogP contribution in [0.25, 0.3) is 0 Å². The van der Waals surface area contributed by atoms with Crippen molar-refractivity contribution in [1.29, 1.82) is 0 Å². The van der Waals surface area contributed by atoms with E-state index in [1.807, 2.05) is 6.92 Å². The summed E-state index contributed by atoms with van der Waals surface area (Å²) in [5.41, 5.74) is 6.88. The number of anilines is 1. The van der Waals surface area contributed by atoms with Crippen molar-refractivity contribution in [2.75, 3.05) is 12.8 Å². The van der Waals surface area contributed by atoms with Crippen LogP contribution in [0.1, 0.15) is 24.1 Å². The van der Waals surface area contributed by atoms with E-state index in [-0.39, 0.29) is 11.4 Å². The molecule has 0 bridgehead atoms. The van der Waals surface area contributed by atoms with Gasteiger partial charge in [-0.05, 0) is 31.0 Å². The van der Waals surface area contributed by atoms with Crippen LogP contribution in [0.4, 0.5) is 5.69 Å². The highest BCUT2D eigenvalue weighted by molar-refractivity contribution is 7.89. The monoisotopic (exact) mass is 309 g/mol. The van der Waals surface area contributed by atoms with Crippen LogP contribution in [-0.4, -0.2) is 35.0 Å². The predicted molar refractivity (Wildman–Crippen MR) is 80.0 cm³/mol. The van der Waals surface area contributed by atoms with Crippen molar-refractivity contribution < 1.29 is 8.42 Å². The first-order valence-electron chi connectivity index (χ1n) is 6.57. The van der Waals surface area contributed by atoms with Crippen LogP contribution in [0, 0.1) is 6.92 Å². The van der Waals surface area contributed by atoms with E-state index in [1.165, 1.54) is 17.4 Å². The number of hydrogen-bond acceptors (Lipinski definition) is 5. The number of aryl methyl sites for hydroxylation is 2. The Morgan fingerprint density at radius 2 is 2.10 bits per heavy atom. The molecule has 21 heavy (non-hydrogen) atoms. The van der Waals surface area contributed by atoms with Crippen molar-refractivity contribution >= 4 is 15.7 Å². The molecule has 0 atom stereocenters. The number of benzene rings is 1. The average Bonchev–Trinajstić information content (AvgIpc) is 2.84. The summed E-state index contributed by atoms with van der Waals surface area (Å²) in [6.07, 6.45) is 0.614. The number of hydrogen-bond donors (Lipinski definition) is 2. The van der Waals surface area contributed by atoms with E-state index in [9.17, 15) is 8.42 Å². The largest absolute Gasteiger partial charge is 0.399 e. The topological polar surface area (TPSA) is 105 Å². The van der Waals surface area contributed by atoms with Crippen molar-refractivity contribution in [2.24, 2.45) is 0 Å². The first-order chi connectivity index (χ1) is 9.84. The van der Waals surface area contributed by atoms with Crippen molar-refractivity contribution in [3.05, 3.63) is 35.4 Å². The Balaban J connectivity index is 2.35. The molecule has 0 amide bonds. The molecule has 8 heteroatoms. The fourth-order valence-corrected chi connectivity index (χ4v) is 3.47. The van der Waals surface area contributed by atoms with Crippen LogP contribution < -0.4 is 5.73 Å². The quantitative estimate of drug-likeness (QED) is 0.804. The third kappa shape index (κ3) is 3.22. The number of aromatic nitrogens is 3. The highest BCUT2D eigenvalue weighted by Gasteiger charge is 2.24. The van der Waals surface area contributed by atoms with Gasteiger partial charge in [-0.15, -0.1) is 0 Å². The Bertz CT molecular complexity index is 739. The van der Waals surface area contributed by atoms with Crippen LogP contribution in [0.15, 0.2) is 23.1 Å². The van der Waals surface area contributed by atoms with Crippen LogP contribution in [-0.2, 0) is 23.0 Å². The maximum Gasteiger partial charge on any atom is 0.243 e. The van der Waals surface area contributed by atoms with E-state index in [4.69, 9.17) is 5.73 Å². The van der Waals surface area contributed by atoms with Gasteiger partial charge >= 0.3 is 0 Å². The van der Waals surface area contributed by atoms with E-state index >= 15 is 0 Å². The lowest BCUT2D eigenvalue weighted by molar-refractivity contribution is 0.456. The van der Waals surface area contributed by atoms with Crippen LogP contribution in [0.5, 0.6) is 0 Å². The lowest BCUT2D eigenvalue weighted by atomic mass is 10.1. The van der Waals surface area contributed by atoms with Gasteiger partial charge in [0.2, 0.25) is 10.0 Å². The van der Waals surface area contributed by atoms with Gasteiger partial charge < -0.3 is 5.73 Å². The summed E-state index contributed by atoms with van der Waals surface area (Å²) in [5.74, 6) is 1.08. The summed E-state index contributed by atoms with van der Waals surface area (Å²) in [7, 11) is -2.13. The van der Waals surface area contributed by atoms with Crippen molar-refractivity contribution in [3.63, 3.8) is 0 Å². The number of nitrogen functional groups attached to an aromatic ring is 1. The molecule has 1 aromatic carbocycles. The summed E-state index contributed by atoms with van der Waals surface area (Å²) >= 11 is 0. The minimum absolute atomic E-state index is 0.102. The number of rotatable bonds is 5. The maximum absolute atomic E-state index is 12.7. The first-order valence-corrected chi connectivity index (χ1v) is 8.01. The summed E-state index contributed by atoms with van der Waals surface area (Å²) < 4.78 is 26.6. The van der Waals surface area contributed by atoms with Gasteiger partial charge in [0.1, 0.15) is 5.82 Å². The number of nitrogens with one attached hydrogen (secondary N) is 1. The molecular weight excluding hydrogens is 290 g/mol. The standard InChI is InChI=1S/C13H19N5O2S/c1-4-10-5-6-11(14)7-12(10)21(19,20)18(3)8-13-15-9(2)16-17-13/h5-7H,4,8,14H2,1-3H3,(H,15,16,17). The minimum Gasteiger partial charge on any atom is -0.399 e. The van der Waals surface area contributed by atoms with E-state index < -0.39 is 10.0 Å². The SMILES string of the molecule is CCc1ccc(N)cc1S(=O)(=O)N(C)Cc1n[nH]c(C)n1. The first kappa shape index (κ1) is 15.5. The Hall–Kier alpha value is -1.93. The summed E-state index contributed by atoms with van der Waals surface area (Å²) in [5, 5.41) is 6.65. The molecule has 0 saturated carbocycles. The molecule has 2 aromatic rings. The Kier molecular flexibility index (Phi) is 4.29. The Labute approximate surface area is 124 Å². The second-order valence-electron chi connectivity index (χ2n) is 4.82. The van der Waals surface area contributed by atoms with E-state index in [2.05, 4.69) is 15.2 Å². The molecule has 0 saturated heterocycles. The molecule has 114 valence electrons. The van der Waals surface area contributed by atoms with Gasteiger partial charge in [0.15, 0.2) is 5.82 Å². The van der Waals surface area contributed by atoms with Gasteiger partial charge in [-0.3, -0.25) is 5.10 Å². The maximum atomic E-state index is 12.7. The summed E-state index contributed by atoms with van der Waals surface area (Å²) in [6.45, 7) is 3.77. The molecule has 0 radical (unpaired) electrons. The molecule has 0 unspecified atom stereocenters. The molecule has 0 aliphatic carbocycles. The number of aromatic amines is 1. The van der Waals surface area contributed by atoms with Gasteiger partial charge in [-0.1, -0.05) is 13.0 Å². The number of sulfonamides is 1. The minimum atomic E-state index is -3.63. The second-order valence-corrected chi connectivity index (χ2v) is 6.83. The molecule has 3 N–H and O–H groups in total. The molecule has 0 fully saturated rings. The molecule has 2 rings (SSSR count). The third-order valence-corrected chi connectivity index (χ3v) is 5.05. The van der Waals surface area contributed by atoms with Crippen molar-refractivity contribution in [2.45, 2.75) is 31.7 Å². The van der Waals surface area contributed by atoms with Crippen molar-refractivity contribution in [1.82, 2.24) is 19.5 Å². The average molecular weight is 309 g/mol. The van der Waals surface area contributed by atoms with E-state index in [1.54, 1.807) is 19.1 Å². The summed E-state index contributed by atoms with van der Waals surface area (Å²) in [6, 6.07) is 4.94. The highest BCUT2D eigenvalue weighted by atomic mass is 32.2. The molecule has 0 aliphatic rings. The van der Waals surface area contributed by atoms with Crippen LogP contribution in [0.3, 0.4) is 0 Å². The van der Waals surface area contributed by atoms with E-state index in [0.29, 0.717) is 23.8 Å². The Morgan fingerprint density at radius 3 is 2.67 bits per heavy atom. The zero-order valence-electron chi connectivity index (χ0n) is 12.3. The smallest absolute Gasteiger partial charge is 0.243 e. The van der Waals surface area contributed by atoms with Gasteiger partial charge in [-0.2, -0.15) is 9.40 Å². The van der Waals surface area contributed by atoms with Gasteiger partial charge in [0.25, 0.3) is 0 Å². The number of nitrogens with two attached hydrogens (primary N) is 1. The Morgan fingerprint density at radius 1 is 1.38 bits per heavy atom. The zero-order valence-corrected chi connectivity index (χ0v) is 13.1. The molecule has 0 aliphatic heterocycles. The van der Waals surface area contributed by atoms with E-state index in [0.717, 1.165) is 5.56 Å². The molecule has 1 heterocycles. The van der Waals surface area contributed by atoms with Crippen LogP contribution in [0.2, 0.25) is 0 Å². The fraction of sp³-hybridized carbons (Fsp3) is 0.385. The third-order valence-electron chi connectivity index (χ3n) is 3.17. The lowest BCUT2D eigenvalue weighted by Crippen LogP contribution is -2.28. The molecular formula is C13H19N5O2S. The number of nitrogens with zero attached hydrogens (tertiary/aromatic N) is 3. The molecule has 7 nitrogen and oxygen atoms in total. The second kappa shape index (κ2) is 5.82. The predicted octanol–water partition coefficient (Wildman–Crippen LogP) is 1.08. The van der Waals surface area contributed by atoms with Gasteiger partial charge in [-0.25, -0.2) is 13.4 Å². The summed E-state index contributed by atoms with van der Waals surface area (Å²) in [4.78, 5) is 4.36. The highest BCUT2D eigenvalue weighted by Crippen LogP contribution is 2.23. The van der Waals surface area contributed by atoms with Crippen molar-refractivity contribution in [3.8, 4) is 0 Å². The fourth-order valence-electron chi connectivity index (χ4n) is 2.02. The van der Waals surface area contributed by atoms with Gasteiger partial charge in [0.05, 0.1) is 11.4 Å². The zero-order chi connectivity index (χ0) is 15.6. The number of H-pyrrole nitrogens is 1. The normalized spacial score (nSPS) is 12.0. The van der Waals surface area contributed by atoms with Gasteiger partial charge in [0, 0.05) is 12.7 Å². The van der Waals surface area contributed by atoms with Crippen LogP contribution >= 0.6 is 0 Å². The molecule has 1 aromatic heterocycles.